The zero-order valence-corrected chi connectivity index (χ0v) is 18.8. The Labute approximate surface area is 187 Å². The number of anilines is 1. The summed E-state index contributed by atoms with van der Waals surface area (Å²) < 4.78 is 37.6. The van der Waals surface area contributed by atoms with E-state index in [9.17, 15) is 12.8 Å². The molecule has 8 nitrogen and oxygen atoms in total. The lowest BCUT2D eigenvalue weighted by Gasteiger charge is -2.36. The van der Waals surface area contributed by atoms with Crippen LogP contribution in [-0.2, 0) is 16.4 Å². The summed E-state index contributed by atoms with van der Waals surface area (Å²) in [6.45, 7) is 2.42. The number of sulfone groups is 1. The van der Waals surface area contributed by atoms with Crippen LogP contribution in [0.4, 0.5) is 10.3 Å². The van der Waals surface area contributed by atoms with Crippen molar-refractivity contribution in [2.45, 2.75) is 30.3 Å². The lowest BCUT2D eigenvalue weighted by Crippen LogP contribution is -2.43. The van der Waals surface area contributed by atoms with Gasteiger partial charge in [-0.25, -0.2) is 22.8 Å². The minimum atomic E-state index is -3.47. The molecule has 3 heterocycles. The molecule has 1 aromatic carbocycles. The average molecular weight is 457 g/mol. The fourth-order valence-corrected chi connectivity index (χ4v) is 4.49. The molecule has 10 heteroatoms. The lowest BCUT2D eigenvalue weighted by molar-refractivity contribution is 0.197. The summed E-state index contributed by atoms with van der Waals surface area (Å²) in [5.41, 5.74) is 1.38. The molecular formula is C22H25FN6O2S. The van der Waals surface area contributed by atoms with E-state index < -0.39 is 15.7 Å². The van der Waals surface area contributed by atoms with Crippen LogP contribution in [0, 0.1) is 5.82 Å². The molecule has 0 unspecified atom stereocenters. The Hall–Kier alpha value is -2.98. The van der Waals surface area contributed by atoms with Crippen LogP contribution in [0.5, 0.6) is 0 Å². The molecule has 4 rings (SSSR count). The fraction of sp³-hybridized carbons (Fsp3) is 0.364. The van der Waals surface area contributed by atoms with Crippen molar-refractivity contribution in [2.75, 3.05) is 31.3 Å². The minimum absolute atomic E-state index is 0.0603. The second-order valence-corrected chi connectivity index (χ2v) is 10.0. The summed E-state index contributed by atoms with van der Waals surface area (Å²) in [5.74, 6) is 0.133. The van der Waals surface area contributed by atoms with Gasteiger partial charge in [0.2, 0.25) is 5.95 Å². The van der Waals surface area contributed by atoms with Crippen LogP contribution >= 0.6 is 0 Å². The van der Waals surface area contributed by atoms with Gasteiger partial charge < -0.3 is 4.90 Å². The Morgan fingerprint density at radius 2 is 1.81 bits per heavy atom. The monoisotopic (exact) mass is 456 g/mol. The van der Waals surface area contributed by atoms with Gasteiger partial charge in [-0.05, 0) is 44.2 Å². The second kappa shape index (κ2) is 9.25. The van der Waals surface area contributed by atoms with E-state index in [-0.39, 0.29) is 10.5 Å². The second-order valence-electron chi connectivity index (χ2n) is 7.99. The zero-order chi connectivity index (χ0) is 22.7. The number of nitrogens with zero attached hydrogens (tertiary/aromatic N) is 6. The minimum Gasteiger partial charge on any atom is -0.341 e. The van der Waals surface area contributed by atoms with Crippen molar-refractivity contribution < 1.29 is 12.8 Å². The first-order valence-corrected chi connectivity index (χ1v) is 12.2. The van der Waals surface area contributed by atoms with E-state index in [2.05, 4.69) is 36.8 Å². The number of piperidine rings is 1. The molecule has 0 N–H and O–H groups in total. The fourth-order valence-electron chi connectivity index (χ4n) is 3.86. The van der Waals surface area contributed by atoms with Gasteiger partial charge in [0.15, 0.2) is 9.84 Å². The molecule has 0 amide bonds. The maximum absolute atomic E-state index is 14.4. The van der Waals surface area contributed by atoms with Crippen molar-refractivity contribution in [3.8, 4) is 11.3 Å². The number of hydrogen-bond acceptors (Lipinski definition) is 8. The standard InChI is InChI=1S/C22H25FN6O2S/c1-28(17-6-10-29(11-7-17)22-24-8-3-9-25-22)15-16-13-27-21(14-26-16)19-5-4-18(12-20(19)23)32(2,30)31/h3-5,8-9,12-14,17H,6-7,10-11,15H2,1-2H3. The molecule has 1 saturated heterocycles. The Balaban J connectivity index is 1.37. The molecule has 2 aromatic heterocycles. The lowest BCUT2D eigenvalue weighted by atomic mass is 10.0. The van der Waals surface area contributed by atoms with Crippen LogP contribution in [0.25, 0.3) is 11.3 Å². The average Bonchev–Trinajstić information content (AvgIpc) is 2.80. The Morgan fingerprint density at radius 1 is 1.09 bits per heavy atom. The molecular weight excluding hydrogens is 431 g/mol. The first-order valence-electron chi connectivity index (χ1n) is 10.3. The SMILES string of the molecule is CN(Cc1cnc(-c2ccc(S(C)(=O)=O)cc2F)cn1)C1CCN(c2ncccn2)CC1. The van der Waals surface area contributed by atoms with Gasteiger partial charge >= 0.3 is 0 Å². The molecule has 0 saturated carbocycles. The number of hydrogen-bond donors (Lipinski definition) is 0. The zero-order valence-electron chi connectivity index (χ0n) is 18.0. The van der Waals surface area contributed by atoms with E-state index in [4.69, 9.17) is 0 Å². The van der Waals surface area contributed by atoms with E-state index >= 15 is 0 Å². The molecule has 0 aliphatic carbocycles. The number of benzene rings is 1. The van der Waals surface area contributed by atoms with Crippen LogP contribution in [-0.4, -0.2) is 65.7 Å². The van der Waals surface area contributed by atoms with Crippen LogP contribution < -0.4 is 4.90 Å². The summed E-state index contributed by atoms with van der Waals surface area (Å²) in [6.07, 6.45) is 9.73. The maximum Gasteiger partial charge on any atom is 0.225 e. The van der Waals surface area contributed by atoms with Crippen LogP contribution in [0.1, 0.15) is 18.5 Å². The highest BCUT2D eigenvalue weighted by molar-refractivity contribution is 7.90. The third kappa shape index (κ3) is 5.08. The normalized spacial score (nSPS) is 15.3. The molecule has 0 radical (unpaired) electrons. The van der Waals surface area contributed by atoms with E-state index in [1.165, 1.54) is 18.3 Å². The number of rotatable bonds is 6. The molecule has 0 bridgehead atoms. The van der Waals surface area contributed by atoms with Gasteiger partial charge in [-0.3, -0.25) is 14.9 Å². The molecule has 168 valence electrons. The van der Waals surface area contributed by atoms with Crippen LogP contribution in [0.2, 0.25) is 0 Å². The molecule has 3 aromatic rings. The third-order valence-electron chi connectivity index (χ3n) is 5.68. The van der Waals surface area contributed by atoms with Gasteiger partial charge in [-0.15, -0.1) is 0 Å². The highest BCUT2D eigenvalue weighted by Gasteiger charge is 2.24. The number of halogens is 1. The van der Waals surface area contributed by atoms with Crippen LogP contribution in [0.15, 0.2) is 53.9 Å². The van der Waals surface area contributed by atoms with E-state index in [0.29, 0.717) is 18.3 Å². The summed E-state index contributed by atoms with van der Waals surface area (Å²) in [5, 5.41) is 0. The first kappa shape index (κ1) is 22.2. The summed E-state index contributed by atoms with van der Waals surface area (Å²) >= 11 is 0. The highest BCUT2D eigenvalue weighted by atomic mass is 32.2. The van der Waals surface area contributed by atoms with Crippen molar-refractivity contribution in [3.05, 3.63) is 60.6 Å². The highest BCUT2D eigenvalue weighted by Crippen LogP contribution is 2.24. The third-order valence-corrected chi connectivity index (χ3v) is 6.79. The van der Waals surface area contributed by atoms with Gasteiger partial charge in [-0.2, -0.15) is 0 Å². The van der Waals surface area contributed by atoms with Crippen molar-refractivity contribution in [1.29, 1.82) is 0 Å². The molecule has 0 atom stereocenters. The van der Waals surface area contributed by atoms with E-state index in [0.717, 1.165) is 49.9 Å². The van der Waals surface area contributed by atoms with Gasteiger partial charge in [-0.1, -0.05) is 0 Å². The van der Waals surface area contributed by atoms with Gasteiger partial charge in [0.1, 0.15) is 5.82 Å². The van der Waals surface area contributed by atoms with Crippen LogP contribution in [0.3, 0.4) is 0 Å². The van der Waals surface area contributed by atoms with Gasteiger partial charge in [0.25, 0.3) is 0 Å². The molecule has 1 fully saturated rings. The largest absolute Gasteiger partial charge is 0.341 e. The first-order chi connectivity index (χ1) is 15.3. The van der Waals surface area contributed by atoms with Crippen molar-refractivity contribution in [2.24, 2.45) is 0 Å². The molecule has 32 heavy (non-hydrogen) atoms. The molecule has 1 aliphatic rings. The van der Waals surface area contributed by atoms with Gasteiger partial charge in [0.05, 0.1) is 28.7 Å². The molecule has 0 spiro atoms. The Kier molecular flexibility index (Phi) is 6.43. The predicted octanol–water partition coefficient (Wildman–Crippen LogP) is 2.58. The topological polar surface area (TPSA) is 92.2 Å². The van der Waals surface area contributed by atoms with Gasteiger partial charge in [0, 0.05) is 49.9 Å². The summed E-state index contributed by atoms with van der Waals surface area (Å²) in [4.78, 5) is 21.8. The maximum atomic E-state index is 14.4. The molecule has 1 aliphatic heterocycles. The summed E-state index contributed by atoms with van der Waals surface area (Å²) in [7, 11) is -1.40. The van der Waals surface area contributed by atoms with Crippen molar-refractivity contribution in [1.82, 2.24) is 24.8 Å². The quantitative estimate of drug-likeness (QED) is 0.559. The van der Waals surface area contributed by atoms with E-state index in [1.54, 1.807) is 18.6 Å². The number of aromatic nitrogens is 4. The predicted molar refractivity (Wildman–Crippen MR) is 119 cm³/mol. The Morgan fingerprint density at radius 3 is 2.41 bits per heavy atom. The van der Waals surface area contributed by atoms with Crippen molar-refractivity contribution >= 4 is 15.8 Å². The summed E-state index contributed by atoms with van der Waals surface area (Å²) in [6, 6.07) is 6.05. The smallest absolute Gasteiger partial charge is 0.225 e. The van der Waals surface area contributed by atoms with E-state index in [1.807, 2.05) is 6.07 Å². The van der Waals surface area contributed by atoms with Crippen molar-refractivity contribution in [3.63, 3.8) is 0 Å². The Bertz CT molecular complexity index is 1170.